The van der Waals surface area contributed by atoms with E-state index in [1.165, 1.54) is 12.1 Å². The van der Waals surface area contributed by atoms with E-state index in [4.69, 9.17) is 23.2 Å². The second kappa shape index (κ2) is 8.06. The van der Waals surface area contributed by atoms with Crippen molar-refractivity contribution in [2.45, 2.75) is 12.8 Å². The van der Waals surface area contributed by atoms with Gasteiger partial charge in [0.2, 0.25) is 11.8 Å². The number of anilines is 1. The SMILES string of the molecule is O=C(NCCc1ccc(F)cc1)C1CC1C(=O)Nc1cccc(Cl)c1Cl. The van der Waals surface area contributed by atoms with Gasteiger partial charge >= 0.3 is 0 Å². The van der Waals surface area contributed by atoms with E-state index >= 15 is 0 Å². The average Bonchev–Trinajstić information content (AvgIpc) is 3.41. The summed E-state index contributed by atoms with van der Waals surface area (Å²) in [6, 6.07) is 11.1. The van der Waals surface area contributed by atoms with Gasteiger partial charge in [-0.25, -0.2) is 4.39 Å². The van der Waals surface area contributed by atoms with Crippen LogP contribution < -0.4 is 10.6 Å². The Labute approximate surface area is 160 Å². The van der Waals surface area contributed by atoms with E-state index in [1.807, 2.05) is 0 Å². The molecule has 4 nitrogen and oxygen atoms in total. The summed E-state index contributed by atoms with van der Waals surface area (Å²) in [6.45, 7) is 0.440. The molecule has 2 aromatic carbocycles. The third-order valence-electron chi connectivity index (χ3n) is 4.30. The first kappa shape index (κ1) is 18.7. The molecule has 0 aliphatic heterocycles. The Bertz CT molecular complexity index is 827. The van der Waals surface area contributed by atoms with Crippen molar-refractivity contribution in [3.8, 4) is 0 Å². The molecule has 2 N–H and O–H groups in total. The highest BCUT2D eigenvalue weighted by molar-refractivity contribution is 6.44. The highest BCUT2D eigenvalue weighted by Gasteiger charge is 2.48. The molecule has 0 radical (unpaired) electrons. The molecule has 0 heterocycles. The summed E-state index contributed by atoms with van der Waals surface area (Å²) < 4.78 is 12.8. The highest BCUT2D eigenvalue weighted by Crippen LogP contribution is 2.40. The highest BCUT2D eigenvalue weighted by atomic mass is 35.5. The summed E-state index contributed by atoms with van der Waals surface area (Å²) in [5, 5.41) is 6.17. The van der Waals surface area contributed by atoms with Crippen LogP contribution in [0.4, 0.5) is 10.1 Å². The lowest BCUT2D eigenvalue weighted by molar-refractivity contribution is -0.125. The Kier molecular flexibility index (Phi) is 5.79. The molecule has 2 aromatic rings. The number of carbonyl (C=O) groups excluding carboxylic acids is 2. The number of amides is 2. The lowest BCUT2D eigenvalue weighted by atomic mass is 10.1. The van der Waals surface area contributed by atoms with Crippen molar-refractivity contribution in [1.29, 1.82) is 0 Å². The van der Waals surface area contributed by atoms with Crippen LogP contribution in [0.5, 0.6) is 0 Å². The molecule has 2 unspecified atom stereocenters. The zero-order chi connectivity index (χ0) is 18.7. The van der Waals surface area contributed by atoms with Crippen LogP contribution in [0, 0.1) is 17.7 Å². The van der Waals surface area contributed by atoms with Gasteiger partial charge in [0.1, 0.15) is 5.82 Å². The standard InChI is InChI=1S/C19H17Cl2FN2O2/c20-15-2-1-3-16(17(15)21)24-19(26)14-10-13(14)18(25)23-9-8-11-4-6-12(22)7-5-11/h1-7,13-14H,8-10H2,(H,23,25)(H,24,26). The number of halogens is 3. The van der Waals surface area contributed by atoms with Gasteiger partial charge in [-0.1, -0.05) is 41.4 Å². The van der Waals surface area contributed by atoms with Crippen LogP contribution >= 0.6 is 23.2 Å². The van der Waals surface area contributed by atoms with Gasteiger partial charge in [-0.3, -0.25) is 9.59 Å². The van der Waals surface area contributed by atoms with Crippen molar-refractivity contribution >= 4 is 40.7 Å². The quantitative estimate of drug-likeness (QED) is 0.775. The molecule has 3 rings (SSSR count). The van der Waals surface area contributed by atoms with Gasteiger partial charge in [0.15, 0.2) is 0 Å². The molecule has 0 aromatic heterocycles. The predicted octanol–water partition coefficient (Wildman–Crippen LogP) is 4.07. The molecule has 2 amide bonds. The largest absolute Gasteiger partial charge is 0.356 e. The van der Waals surface area contributed by atoms with Crippen LogP contribution in [0.3, 0.4) is 0 Å². The number of hydrogen-bond donors (Lipinski definition) is 2. The van der Waals surface area contributed by atoms with Gasteiger partial charge in [0.25, 0.3) is 0 Å². The molecule has 26 heavy (non-hydrogen) atoms. The van der Waals surface area contributed by atoms with Crippen molar-refractivity contribution in [2.24, 2.45) is 11.8 Å². The summed E-state index contributed by atoms with van der Waals surface area (Å²) in [6.07, 6.45) is 1.11. The summed E-state index contributed by atoms with van der Waals surface area (Å²) in [5.74, 6) is -1.38. The molecule has 136 valence electrons. The van der Waals surface area contributed by atoms with E-state index in [1.54, 1.807) is 30.3 Å². The third-order valence-corrected chi connectivity index (χ3v) is 5.12. The number of hydrogen-bond acceptors (Lipinski definition) is 2. The molecule has 0 spiro atoms. The molecule has 1 aliphatic carbocycles. The van der Waals surface area contributed by atoms with E-state index in [-0.39, 0.29) is 34.5 Å². The second-order valence-corrected chi connectivity index (χ2v) is 6.99. The Morgan fingerprint density at radius 3 is 2.46 bits per heavy atom. The summed E-state index contributed by atoms with van der Waals surface area (Å²) in [5.41, 5.74) is 1.37. The predicted molar refractivity (Wildman–Crippen MR) is 99.8 cm³/mol. The number of benzene rings is 2. The van der Waals surface area contributed by atoms with E-state index in [0.717, 1.165) is 5.56 Å². The molecule has 0 bridgehead atoms. The first-order chi connectivity index (χ1) is 12.5. The van der Waals surface area contributed by atoms with Gasteiger partial charge in [0, 0.05) is 6.54 Å². The Hall–Kier alpha value is -2.11. The molecular weight excluding hydrogens is 378 g/mol. The normalized spacial score (nSPS) is 18.3. The van der Waals surface area contributed by atoms with Crippen molar-refractivity contribution in [3.63, 3.8) is 0 Å². The zero-order valence-corrected chi connectivity index (χ0v) is 15.3. The van der Waals surface area contributed by atoms with Crippen LogP contribution in [0.15, 0.2) is 42.5 Å². The minimum atomic E-state index is -0.365. The van der Waals surface area contributed by atoms with Crippen LogP contribution in [0.1, 0.15) is 12.0 Å². The average molecular weight is 395 g/mol. The molecule has 7 heteroatoms. The summed E-state index contributed by atoms with van der Waals surface area (Å²) in [4.78, 5) is 24.4. The second-order valence-electron chi connectivity index (χ2n) is 6.21. The van der Waals surface area contributed by atoms with E-state index in [0.29, 0.717) is 30.1 Å². The maximum atomic E-state index is 12.8. The lowest BCUT2D eigenvalue weighted by Crippen LogP contribution is -2.29. The first-order valence-corrected chi connectivity index (χ1v) is 8.98. The van der Waals surface area contributed by atoms with Gasteiger partial charge < -0.3 is 10.6 Å². The summed E-state index contributed by atoms with van der Waals surface area (Å²) >= 11 is 12.0. The third kappa shape index (κ3) is 4.54. The van der Waals surface area contributed by atoms with Crippen LogP contribution in [0.2, 0.25) is 10.0 Å². The summed E-state index contributed by atoms with van der Waals surface area (Å²) in [7, 11) is 0. The molecular formula is C19H17Cl2FN2O2. The minimum Gasteiger partial charge on any atom is -0.356 e. The number of carbonyl (C=O) groups is 2. The van der Waals surface area contributed by atoms with E-state index in [9.17, 15) is 14.0 Å². The van der Waals surface area contributed by atoms with Gasteiger partial charge in [-0.15, -0.1) is 0 Å². The molecule has 2 atom stereocenters. The van der Waals surface area contributed by atoms with E-state index in [2.05, 4.69) is 10.6 Å². The number of nitrogens with one attached hydrogen (secondary N) is 2. The van der Waals surface area contributed by atoms with E-state index < -0.39 is 0 Å². The zero-order valence-electron chi connectivity index (χ0n) is 13.8. The van der Waals surface area contributed by atoms with Gasteiger partial charge in [-0.05, 0) is 42.7 Å². The molecule has 0 saturated heterocycles. The van der Waals surface area contributed by atoms with Gasteiger partial charge in [0.05, 0.1) is 27.6 Å². The van der Waals surface area contributed by atoms with Crippen molar-refractivity contribution < 1.29 is 14.0 Å². The van der Waals surface area contributed by atoms with Crippen molar-refractivity contribution in [2.75, 3.05) is 11.9 Å². The Morgan fingerprint density at radius 1 is 1.04 bits per heavy atom. The minimum absolute atomic E-state index is 0.149. The fourth-order valence-electron chi connectivity index (χ4n) is 2.71. The monoisotopic (exact) mass is 394 g/mol. The molecule has 1 fully saturated rings. The van der Waals surface area contributed by atoms with Crippen molar-refractivity contribution in [3.05, 3.63) is 63.9 Å². The van der Waals surface area contributed by atoms with Crippen LogP contribution in [0.25, 0.3) is 0 Å². The van der Waals surface area contributed by atoms with Gasteiger partial charge in [-0.2, -0.15) is 0 Å². The Morgan fingerprint density at radius 2 is 1.73 bits per heavy atom. The lowest BCUT2D eigenvalue weighted by Gasteiger charge is -2.08. The molecule has 1 aliphatic rings. The fourth-order valence-corrected chi connectivity index (χ4v) is 3.06. The smallest absolute Gasteiger partial charge is 0.228 e. The number of rotatable bonds is 6. The Balaban J connectivity index is 1.45. The van der Waals surface area contributed by atoms with Crippen LogP contribution in [-0.2, 0) is 16.0 Å². The first-order valence-electron chi connectivity index (χ1n) is 8.22. The fraction of sp³-hybridized carbons (Fsp3) is 0.263. The molecule has 1 saturated carbocycles. The van der Waals surface area contributed by atoms with Crippen LogP contribution in [-0.4, -0.2) is 18.4 Å². The van der Waals surface area contributed by atoms with Crippen molar-refractivity contribution in [1.82, 2.24) is 5.32 Å². The maximum absolute atomic E-state index is 12.8. The topological polar surface area (TPSA) is 58.2 Å². The maximum Gasteiger partial charge on any atom is 0.228 e.